The third-order valence-electron chi connectivity index (χ3n) is 4.56. The number of nitrogens with two attached hydrogens (primary N) is 1. The van der Waals surface area contributed by atoms with E-state index in [2.05, 4.69) is 17.9 Å². The van der Waals surface area contributed by atoms with Gasteiger partial charge in [0.15, 0.2) is 0 Å². The minimum absolute atomic E-state index is 0.638. The average Bonchev–Trinajstić information content (AvgIpc) is 2.50. The molecule has 1 unspecified atom stereocenters. The summed E-state index contributed by atoms with van der Waals surface area (Å²) in [7, 11) is 0. The fourth-order valence-electron chi connectivity index (χ4n) is 2.93. The SMILES string of the molecule is CC(CN)CCN1CCC(Cc2ccc(Cl)c(Cl)c2)CC1. The number of benzene rings is 1. The van der Waals surface area contributed by atoms with Crippen molar-refractivity contribution in [2.24, 2.45) is 17.6 Å². The van der Waals surface area contributed by atoms with Crippen LogP contribution in [0.25, 0.3) is 0 Å². The summed E-state index contributed by atoms with van der Waals surface area (Å²) >= 11 is 12.1. The topological polar surface area (TPSA) is 29.3 Å². The lowest BCUT2D eigenvalue weighted by atomic mass is 9.90. The van der Waals surface area contributed by atoms with Crippen LogP contribution in [0.2, 0.25) is 10.0 Å². The zero-order valence-electron chi connectivity index (χ0n) is 12.8. The Hall–Kier alpha value is -0.280. The number of nitrogens with zero attached hydrogens (tertiary/aromatic N) is 1. The number of hydrogen-bond acceptors (Lipinski definition) is 2. The lowest BCUT2D eigenvalue weighted by Crippen LogP contribution is -2.36. The van der Waals surface area contributed by atoms with Crippen molar-refractivity contribution in [3.63, 3.8) is 0 Å². The van der Waals surface area contributed by atoms with Crippen molar-refractivity contribution in [2.75, 3.05) is 26.2 Å². The van der Waals surface area contributed by atoms with Gasteiger partial charge in [-0.15, -0.1) is 0 Å². The van der Waals surface area contributed by atoms with Gasteiger partial charge in [-0.1, -0.05) is 36.2 Å². The molecule has 2 N–H and O–H groups in total. The summed E-state index contributed by atoms with van der Waals surface area (Å²) in [5.74, 6) is 1.41. The monoisotopic (exact) mass is 328 g/mol. The third-order valence-corrected chi connectivity index (χ3v) is 5.30. The molecule has 0 aliphatic carbocycles. The van der Waals surface area contributed by atoms with Crippen molar-refractivity contribution in [1.82, 2.24) is 4.90 Å². The van der Waals surface area contributed by atoms with Gasteiger partial charge >= 0.3 is 0 Å². The van der Waals surface area contributed by atoms with Crippen LogP contribution in [0.15, 0.2) is 18.2 Å². The molecule has 1 saturated heterocycles. The largest absolute Gasteiger partial charge is 0.330 e. The van der Waals surface area contributed by atoms with Gasteiger partial charge in [-0.05, 0) is 81.4 Å². The molecule has 118 valence electrons. The second-order valence-electron chi connectivity index (χ2n) is 6.37. The summed E-state index contributed by atoms with van der Waals surface area (Å²) in [6, 6.07) is 6.02. The van der Waals surface area contributed by atoms with Gasteiger partial charge in [-0.25, -0.2) is 0 Å². The molecule has 1 aliphatic rings. The van der Waals surface area contributed by atoms with Gasteiger partial charge in [0, 0.05) is 0 Å². The quantitative estimate of drug-likeness (QED) is 0.846. The highest BCUT2D eigenvalue weighted by atomic mass is 35.5. The summed E-state index contributed by atoms with van der Waals surface area (Å²) in [5.41, 5.74) is 6.98. The Bertz CT molecular complexity index is 442. The Labute approximate surface area is 138 Å². The summed E-state index contributed by atoms with van der Waals surface area (Å²) in [6.07, 6.45) is 4.88. The molecule has 0 radical (unpaired) electrons. The molecule has 2 rings (SSSR count). The van der Waals surface area contributed by atoms with E-state index in [4.69, 9.17) is 28.9 Å². The molecule has 0 saturated carbocycles. The first-order chi connectivity index (χ1) is 10.1. The minimum Gasteiger partial charge on any atom is -0.330 e. The highest BCUT2D eigenvalue weighted by Crippen LogP contribution is 2.27. The molecule has 0 bridgehead atoms. The molecule has 1 aromatic carbocycles. The Kier molecular flexibility index (Phi) is 6.81. The molecule has 2 nitrogen and oxygen atoms in total. The van der Waals surface area contributed by atoms with Crippen LogP contribution >= 0.6 is 23.2 Å². The summed E-state index contributed by atoms with van der Waals surface area (Å²) in [5, 5.41) is 1.31. The first kappa shape index (κ1) is 17.1. The second-order valence-corrected chi connectivity index (χ2v) is 7.18. The van der Waals surface area contributed by atoms with Gasteiger partial charge in [0.05, 0.1) is 10.0 Å². The molecule has 4 heteroatoms. The van der Waals surface area contributed by atoms with Crippen molar-refractivity contribution < 1.29 is 0 Å². The third kappa shape index (κ3) is 5.45. The van der Waals surface area contributed by atoms with Crippen molar-refractivity contribution in [3.05, 3.63) is 33.8 Å². The molecule has 0 spiro atoms. The molecule has 0 aromatic heterocycles. The van der Waals surface area contributed by atoms with Gasteiger partial charge < -0.3 is 10.6 Å². The molecule has 1 aromatic rings. The van der Waals surface area contributed by atoms with Gasteiger partial charge in [-0.2, -0.15) is 0 Å². The predicted molar refractivity (Wildman–Crippen MR) is 92.2 cm³/mol. The number of likely N-dealkylation sites (tertiary alicyclic amines) is 1. The van der Waals surface area contributed by atoms with Crippen LogP contribution in [0, 0.1) is 11.8 Å². The highest BCUT2D eigenvalue weighted by molar-refractivity contribution is 6.42. The van der Waals surface area contributed by atoms with E-state index in [9.17, 15) is 0 Å². The Morgan fingerprint density at radius 1 is 1.24 bits per heavy atom. The number of piperidine rings is 1. The Balaban J connectivity index is 1.75. The number of hydrogen-bond donors (Lipinski definition) is 1. The van der Waals surface area contributed by atoms with E-state index in [1.54, 1.807) is 0 Å². The number of halogens is 2. The van der Waals surface area contributed by atoms with Gasteiger partial charge in [0.2, 0.25) is 0 Å². The van der Waals surface area contributed by atoms with Crippen molar-refractivity contribution in [3.8, 4) is 0 Å². The van der Waals surface area contributed by atoms with Crippen LogP contribution in [0.4, 0.5) is 0 Å². The summed E-state index contributed by atoms with van der Waals surface area (Å²) in [4.78, 5) is 2.58. The lowest BCUT2D eigenvalue weighted by Gasteiger charge is -2.32. The molecule has 21 heavy (non-hydrogen) atoms. The molecule has 1 fully saturated rings. The standard InChI is InChI=1S/C17H26Cl2N2/c1-13(12-20)4-7-21-8-5-14(6-9-21)10-15-2-3-16(18)17(19)11-15/h2-3,11,13-14H,4-10,12,20H2,1H3. The minimum atomic E-state index is 0.638. The smallest absolute Gasteiger partial charge is 0.0595 e. The molecule has 1 heterocycles. The van der Waals surface area contributed by atoms with Crippen LogP contribution in [0.3, 0.4) is 0 Å². The highest BCUT2D eigenvalue weighted by Gasteiger charge is 2.19. The molecule has 0 amide bonds. The van der Waals surface area contributed by atoms with Crippen molar-refractivity contribution >= 4 is 23.2 Å². The van der Waals surface area contributed by atoms with Gasteiger partial charge in [0.1, 0.15) is 0 Å². The van der Waals surface area contributed by atoms with Gasteiger partial charge in [-0.3, -0.25) is 0 Å². The Morgan fingerprint density at radius 2 is 1.95 bits per heavy atom. The van der Waals surface area contributed by atoms with E-state index >= 15 is 0 Å². The van der Waals surface area contributed by atoms with E-state index in [0.717, 1.165) is 18.9 Å². The fraction of sp³-hybridized carbons (Fsp3) is 0.647. The number of rotatable bonds is 6. The van der Waals surface area contributed by atoms with Crippen LogP contribution in [-0.4, -0.2) is 31.1 Å². The molecule has 1 aliphatic heterocycles. The van der Waals surface area contributed by atoms with E-state index in [1.807, 2.05) is 12.1 Å². The summed E-state index contributed by atoms with van der Waals surface area (Å²) in [6.45, 7) is 6.65. The van der Waals surface area contributed by atoms with E-state index in [-0.39, 0.29) is 0 Å². The maximum Gasteiger partial charge on any atom is 0.0595 e. The molecule has 1 atom stereocenters. The fourth-order valence-corrected chi connectivity index (χ4v) is 3.26. The Morgan fingerprint density at radius 3 is 2.57 bits per heavy atom. The van der Waals surface area contributed by atoms with Crippen molar-refractivity contribution in [1.29, 1.82) is 0 Å². The van der Waals surface area contributed by atoms with Gasteiger partial charge in [0.25, 0.3) is 0 Å². The molecular formula is C17H26Cl2N2. The van der Waals surface area contributed by atoms with Crippen LogP contribution < -0.4 is 5.73 Å². The van der Waals surface area contributed by atoms with Crippen LogP contribution in [-0.2, 0) is 6.42 Å². The van der Waals surface area contributed by atoms with Crippen molar-refractivity contribution in [2.45, 2.75) is 32.6 Å². The van der Waals surface area contributed by atoms with E-state index < -0.39 is 0 Å². The van der Waals surface area contributed by atoms with Crippen LogP contribution in [0.1, 0.15) is 31.7 Å². The molecular weight excluding hydrogens is 303 g/mol. The maximum absolute atomic E-state index is 6.09. The first-order valence-corrected chi connectivity index (χ1v) is 8.70. The zero-order chi connectivity index (χ0) is 15.2. The summed E-state index contributed by atoms with van der Waals surface area (Å²) < 4.78 is 0. The zero-order valence-corrected chi connectivity index (χ0v) is 14.3. The first-order valence-electron chi connectivity index (χ1n) is 7.95. The van der Waals surface area contributed by atoms with E-state index in [1.165, 1.54) is 44.5 Å². The van der Waals surface area contributed by atoms with E-state index in [0.29, 0.717) is 16.0 Å². The van der Waals surface area contributed by atoms with Crippen LogP contribution in [0.5, 0.6) is 0 Å². The lowest BCUT2D eigenvalue weighted by molar-refractivity contribution is 0.175. The normalized spacial score (nSPS) is 18.9. The predicted octanol–water partition coefficient (Wildman–Crippen LogP) is 4.23. The maximum atomic E-state index is 6.09. The average molecular weight is 329 g/mol. The second kappa shape index (κ2) is 8.38.